The molecule has 0 heterocycles. The summed E-state index contributed by atoms with van der Waals surface area (Å²) in [7, 11) is 2.77. The Kier molecular flexibility index (Phi) is 5.16. The van der Waals surface area contributed by atoms with Crippen molar-refractivity contribution in [3.05, 3.63) is 52.0 Å². The number of likely N-dealkylation sites (N-methyl/N-ethyl adjacent to an activating group) is 1. The number of fused-ring (bicyclic) bond motifs is 3. The lowest BCUT2D eigenvalue weighted by Crippen LogP contribution is -2.70. The zero-order valence-electron chi connectivity index (χ0n) is 18.1. The van der Waals surface area contributed by atoms with Crippen LogP contribution in [0.15, 0.2) is 40.9 Å². The number of carbonyl (C=O) groups is 3. The first-order valence-corrected chi connectivity index (χ1v) is 10.2. The second-order valence-electron chi connectivity index (χ2n) is 9.00. The van der Waals surface area contributed by atoms with E-state index >= 15 is 0 Å². The lowest BCUT2D eigenvalue weighted by atomic mass is 9.54. The summed E-state index contributed by atoms with van der Waals surface area (Å²) in [6.45, 7) is -1.09. The Morgan fingerprint density at radius 2 is 1.76 bits per heavy atom. The molecule has 3 aliphatic carbocycles. The number of amides is 1. The van der Waals surface area contributed by atoms with Gasteiger partial charge in [0.15, 0.2) is 11.4 Å². The first-order valence-electron chi connectivity index (χ1n) is 10.2. The number of phenolic OH excluding ortho intramolecular Hbond substituents is 1. The first-order chi connectivity index (χ1) is 15.8. The van der Waals surface area contributed by atoms with Gasteiger partial charge in [-0.05, 0) is 20.2 Å². The number of phenols is 1. The van der Waals surface area contributed by atoms with Crippen molar-refractivity contribution in [2.45, 2.75) is 23.3 Å². The summed E-state index contributed by atoms with van der Waals surface area (Å²) in [5.41, 5.74) is -2.92. The molecule has 1 amide bonds. The van der Waals surface area contributed by atoms with E-state index in [1.165, 1.54) is 31.1 Å². The molecule has 9 N–H and O–H groups in total. The van der Waals surface area contributed by atoms with Crippen LogP contribution in [0.2, 0.25) is 0 Å². The largest absolute Gasteiger partial charge is 0.510 e. The van der Waals surface area contributed by atoms with Crippen molar-refractivity contribution in [1.29, 1.82) is 0 Å². The van der Waals surface area contributed by atoms with Gasteiger partial charge < -0.3 is 41.5 Å². The standard InChI is InChI=1S/C22H24N2O10/c1-24(2)14-13-17(29)12-10(18(30)22(13,34)19(31)11(16(14)28)20(23)32)15(27)9-7(21(12,33)6-25)4-3-5-8(9)26/h3-5,12-14,17,25-26,28-30,33-34H,6H2,1-2H3,(H2,23,32)/t12-,13-,14-,17+,21?,22+/m0/s1. The number of primary amides is 1. The van der Waals surface area contributed by atoms with Crippen LogP contribution < -0.4 is 5.73 Å². The van der Waals surface area contributed by atoms with E-state index in [4.69, 9.17) is 5.73 Å². The highest BCUT2D eigenvalue weighted by Gasteiger charge is 2.69. The van der Waals surface area contributed by atoms with E-state index in [9.17, 15) is 50.1 Å². The molecule has 1 aromatic carbocycles. The summed E-state index contributed by atoms with van der Waals surface area (Å²) < 4.78 is 0. The lowest BCUT2D eigenvalue weighted by Gasteiger charge is -2.55. The summed E-state index contributed by atoms with van der Waals surface area (Å²) >= 11 is 0. The quantitative estimate of drug-likeness (QED) is 0.217. The van der Waals surface area contributed by atoms with Crippen molar-refractivity contribution in [2.75, 3.05) is 20.7 Å². The monoisotopic (exact) mass is 476 g/mol. The summed E-state index contributed by atoms with van der Waals surface area (Å²) in [4.78, 5) is 39.8. The molecule has 182 valence electrons. The fourth-order valence-electron chi connectivity index (χ4n) is 5.63. The van der Waals surface area contributed by atoms with Crippen LogP contribution in [0.4, 0.5) is 0 Å². The van der Waals surface area contributed by atoms with E-state index in [0.717, 1.165) is 6.07 Å². The Morgan fingerprint density at radius 3 is 2.29 bits per heavy atom. The molecule has 4 rings (SSSR count). The van der Waals surface area contributed by atoms with Crippen molar-refractivity contribution in [2.24, 2.45) is 17.6 Å². The van der Waals surface area contributed by atoms with Gasteiger partial charge in [-0.2, -0.15) is 0 Å². The predicted octanol–water partition coefficient (Wildman–Crippen LogP) is -2.27. The lowest BCUT2D eigenvalue weighted by molar-refractivity contribution is -0.180. The Hall–Kier alpha value is -3.29. The number of aliphatic hydroxyl groups excluding tert-OH is 4. The molecular formula is C22H24N2O10. The van der Waals surface area contributed by atoms with Crippen LogP contribution in [-0.4, -0.2) is 96.6 Å². The molecule has 0 saturated heterocycles. The third kappa shape index (κ3) is 2.62. The third-order valence-corrected chi connectivity index (χ3v) is 7.11. The van der Waals surface area contributed by atoms with Crippen molar-refractivity contribution in [1.82, 2.24) is 4.90 Å². The van der Waals surface area contributed by atoms with Gasteiger partial charge in [0.05, 0.1) is 41.7 Å². The van der Waals surface area contributed by atoms with E-state index in [2.05, 4.69) is 0 Å². The van der Waals surface area contributed by atoms with Crippen LogP contribution in [0.25, 0.3) is 0 Å². The van der Waals surface area contributed by atoms with Crippen LogP contribution in [0.5, 0.6) is 5.75 Å². The maximum atomic E-state index is 13.4. The van der Waals surface area contributed by atoms with Crippen molar-refractivity contribution in [3.63, 3.8) is 0 Å². The maximum absolute atomic E-state index is 13.4. The van der Waals surface area contributed by atoms with Gasteiger partial charge in [-0.25, -0.2) is 0 Å². The molecule has 0 spiro atoms. The summed E-state index contributed by atoms with van der Waals surface area (Å²) in [6, 6.07) is 2.17. The number of aromatic hydroxyl groups is 1. The molecule has 0 saturated carbocycles. The van der Waals surface area contributed by atoms with Gasteiger partial charge in [-0.3, -0.25) is 19.3 Å². The Bertz CT molecular complexity index is 1200. The zero-order valence-corrected chi connectivity index (χ0v) is 18.1. The number of hydrogen-bond acceptors (Lipinski definition) is 11. The fourth-order valence-corrected chi connectivity index (χ4v) is 5.63. The minimum Gasteiger partial charge on any atom is -0.510 e. The Balaban J connectivity index is 2.12. The molecule has 0 aliphatic heterocycles. The molecule has 0 radical (unpaired) electrons. The average molecular weight is 476 g/mol. The number of benzene rings is 1. The number of Topliss-reactive ketones (excluding diaryl/α,β-unsaturated/α-hetero) is 2. The predicted molar refractivity (Wildman–Crippen MR) is 112 cm³/mol. The topological polar surface area (TPSA) is 222 Å². The Labute approximate surface area is 192 Å². The highest BCUT2D eigenvalue weighted by molar-refractivity contribution is 6.25. The van der Waals surface area contributed by atoms with Gasteiger partial charge in [-0.15, -0.1) is 0 Å². The number of rotatable bonds is 3. The van der Waals surface area contributed by atoms with E-state index in [1.54, 1.807) is 0 Å². The maximum Gasteiger partial charge on any atom is 0.255 e. The fraction of sp³-hybridized carbons (Fsp3) is 0.409. The normalized spacial score (nSPS) is 35.3. The van der Waals surface area contributed by atoms with E-state index in [-0.39, 0.29) is 5.56 Å². The second kappa shape index (κ2) is 7.35. The van der Waals surface area contributed by atoms with E-state index in [0.29, 0.717) is 0 Å². The van der Waals surface area contributed by atoms with Crippen LogP contribution in [-0.2, 0) is 15.2 Å². The smallest absolute Gasteiger partial charge is 0.255 e. The molecule has 0 fully saturated rings. The van der Waals surface area contributed by atoms with E-state index < -0.39 is 93.2 Å². The summed E-state index contributed by atoms with van der Waals surface area (Å²) in [6.07, 6.45) is -2.03. The van der Waals surface area contributed by atoms with Crippen LogP contribution >= 0.6 is 0 Å². The molecule has 12 nitrogen and oxygen atoms in total. The van der Waals surface area contributed by atoms with Crippen LogP contribution in [0.1, 0.15) is 15.9 Å². The molecule has 12 heteroatoms. The van der Waals surface area contributed by atoms with Gasteiger partial charge in [0.2, 0.25) is 5.78 Å². The Morgan fingerprint density at radius 1 is 1.15 bits per heavy atom. The molecule has 34 heavy (non-hydrogen) atoms. The van der Waals surface area contributed by atoms with E-state index in [1.807, 2.05) is 0 Å². The number of aliphatic hydroxyl groups is 6. The van der Waals surface area contributed by atoms with Crippen molar-refractivity contribution >= 4 is 17.5 Å². The van der Waals surface area contributed by atoms with Crippen molar-refractivity contribution in [3.8, 4) is 5.75 Å². The second-order valence-corrected chi connectivity index (χ2v) is 9.00. The molecule has 6 atom stereocenters. The van der Waals surface area contributed by atoms with Gasteiger partial charge in [-0.1, -0.05) is 12.1 Å². The van der Waals surface area contributed by atoms with Gasteiger partial charge >= 0.3 is 0 Å². The van der Waals surface area contributed by atoms with Gasteiger partial charge in [0.1, 0.15) is 28.4 Å². The number of hydrogen-bond donors (Lipinski definition) is 8. The first kappa shape index (κ1) is 23.9. The average Bonchev–Trinajstić information content (AvgIpc) is 2.76. The highest BCUT2D eigenvalue weighted by atomic mass is 16.4. The molecule has 1 aromatic rings. The molecule has 1 unspecified atom stereocenters. The molecule has 0 aromatic heterocycles. The van der Waals surface area contributed by atoms with Crippen LogP contribution in [0, 0.1) is 11.8 Å². The minimum absolute atomic E-state index is 0.243. The van der Waals surface area contributed by atoms with Crippen LogP contribution in [0.3, 0.4) is 0 Å². The molecule has 0 bridgehead atoms. The summed E-state index contributed by atoms with van der Waals surface area (Å²) in [5, 5.41) is 76.8. The number of nitrogens with two attached hydrogens (primary N) is 1. The minimum atomic E-state index is -3.11. The zero-order chi connectivity index (χ0) is 25.5. The highest BCUT2D eigenvalue weighted by Crippen LogP contribution is 2.56. The molecular weight excluding hydrogens is 452 g/mol. The van der Waals surface area contributed by atoms with Crippen molar-refractivity contribution < 1.29 is 50.1 Å². The number of nitrogens with zero attached hydrogens (tertiary/aromatic N) is 1. The van der Waals surface area contributed by atoms with Gasteiger partial charge in [0.25, 0.3) is 5.91 Å². The van der Waals surface area contributed by atoms with Gasteiger partial charge in [0, 0.05) is 5.56 Å². The summed E-state index contributed by atoms with van der Waals surface area (Å²) in [5.74, 6) is -10.5. The third-order valence-electron chi connectivity index (χ3n) is 7.11. The number of ketones is 2. The number of carbonyl (C=O) groups excluding carboxylic acids is 3. The SMILES string of the molecule is CN(C)[C@@H]1C(O)=C(C(N)=O)C(=O)[C@]2(O)C(O)=C3C(=O)c4c(O)cccc4C(O)(CO)[C@@H]3[C@@H](O)[C@H]12. The molecule has 3 aliphatic rings.